The monoisotopic (exact) mass is 246 g/mol. The zero-order chi connectivity index (χ0) is 12.4. The second-order valence-corrected chi connectivity index (χ2v) is 4.88. The van der Waals surface area contributed by atoms with Gasteiger partial charge in [-0.2, -0.15) is 0 Å². The van der Waals surface area contributed by atoms with E-state index in [1.165, 1.54) is 25.7 Å². The van der Waals surface area contributed by atoms with Crippen molar-refractivity contribution in [3.63, 3.8) is 0 Å². The average molecular weight is 246 g/mol. The molecular weight excluding hydrogens is 228 g/mol. The van der Waals surface area contributed by atoms with Gasteiger partial charge in [0.05, 0.1) is 6.54 Å². The van der Waals surface area contributed by atoms with Crippen LogP contribution in [0.3, 0.4) is 0 Å². The molecule has 0 amide bonds. The number of aromatic nitrogens is 3. The summed E-state index contributed by atoms with van der Waals surface area (Å²) in [5.41, 5.74) is 0.911. The number of rotatable bonds is 4. The fourth-order valence-corrected chi connectivity index (χ4v) is 2.60. The summed E-state index contributed by atoms with van der Waals surface area (Å²) >= 11 is 0. The van der Waals surface area contributed by atoms with E-state index >= 15 is 0 Å². The molecule has 96 valence electrons. The normalized spacial score (nSPS) is 16.3. The Morgan fingerprint density at radius 1 is 1.44 bits per heavy atom. The highest BCUT2D eigenvalue weighted by Crippen LogP contribution is 2.31. The minimum Gasteiger partial charge on any atom is -0.361 e. The zero-order valence-electron chi connectivity index (χ0n) is 10.6. The predicted octanol–water partition coefficient (Wildman–Crippen LogP) is 2.91. The van der Waals surface area contributed by atoms with Gasteiger partial charge in [0.15, 0.2) is 0 Å². The fourth-order valence-electron chi connectivity index (χ4n) is 2.60. The van der Waals surface area contributed by atoms with E-state index < -0.39 is 0 Å². The molecule has 18 heavy (non-hydrogen) atoms. The Labute approximate surface area is 106 Å². The Bertz CT molecular complexity index is 511. The fraction of sp³-hybridized carbons (Fsp3) is 0.538. The third kappa shape index (κ3) is 2.25. The van der Waals surface area contributed by atoms with Gasteiger partial charge in [-0.05, 0) is 19.8 Å². The minimum atomic E-state index is 0.606. The van der Waals surface area contributed by atoms with E-state index in [1.54, 1.807) is 0 Å². The lowest BCUT2D eigenvalue weighted by Gasteiger charge is -2.15. The van der Waals surface area contributed by atoms with Crippen molar-refractivity contribution < 1.29 is 4.52 Å². The Balaban J connectivity index is 1.67. The average Bonchev–Trinajstić information content (AvgIpc) is 3.07. The van der Waals surface area contributed by atoms with E-state index in [-0.39, 0.29) is 0 Å². The molecule has 0 saturated heterocycles. The molecule has 2 heterocycles. The van der Waals surface area contributed by atoms with E-state index in [2.05, 4.69) is 26.2 Å². The molecule has 1 aliphatic carbocycles. The van der Waals surface area contributed by atoms with Crippen LogP contribution < -0.4 is 5.32 Å². The van der Waals surface area contributed by atoms with E-state index in [0.717, 1.165) is 17.4 Å². The highest BCUT2D eigenvalue weighted by molar-refractivity contribution is 5.28. The summed E-state index contributed by atoms with van der Waals surface area (Å²) in [5, 5.41) is 7.30. The van der Waals surface area contributed by atoms with Crippen LogP contribution in [0.5, 0.6) is 0 Å². The van der Waals surface area contributed by atoms with Gasteiger partial charge in [-0.25, -0.2) is 4.98 Å². The van der Waals surface area contributed by atoms with Gasteiger partial charge < -0.3 is 14.4 Å². The van der Waals surface area contributed by atoms with Crippen molar-refractivity contribution >= 4 is 5.95 Å². The molecule has 0 aliphatic heterocycles. The Kier molecular flexibility index (Phi) is 3.04. The second kappa shape index (κ2) is 4.84. The maximum absolute atomic E-state index is 5.05. The highest BCUT2D eigenvalue weighted by Gasteiger charge is 2.19. The van der Waals surface area contributed by atoms with Crippen molar-refractivity contribution in [3.8, 4) is 0 Å². The van der Waals surface area contributed by atoms with Crippen LogP contribution in [0.15, 0.2) is 23.0 Å². The summed E-state index contributed by atoms with van der Waals surface area (Å²) in [5.74, 6) is 1.77. The number of nitrogens with zero attached hydrogens (tertiary/aromatic N) is 3. The second-order valence-electron chi connectivity index (χ2n) is 4.88. The van der Waals surface area contributed by atoms with Crippen LogP contribution in [-0.2, 0) is 6.54 Å². The summed E-state index contributed by atoms with van der Waals surface area (Å²) in [6, 6.07) is 2.55. The summed E-state index contributed by atoms with van der Waals surface area (Å²) < 4.78 is 7.30. The van der Waals surface area contributed by atoms with Crippen LogP contribution in [0.25, 0.3) is 0 Å². The van der Waals surface area contributed by atoms with Gasteiger partial charge in [0.2, 0.25) is 5.95 Å². The quantitative estimate of drug-likeness (QED) is 0.901. The van der Waals surface area contributed by atoms with Crippen molar-refractivity contribution in [1.29, 1.82) is 0 Å². The van der Waals surface area contributed by atoms with Gasteiger partial charge in [-0.15, -0.1) is 0 Å². The Morgan fingerprint density at radius 3 is 3.00 bits per heavy atom. The molecule has 0 radical (unpaired) electrons. The summed E-state index contributed by atoms with van der Waals surface area (Å²) in [4.78, 5) is 4.38. The minimum absolute atomic E-state index is 0.606. The molecule has 5 heteroatoms. The first kappa shape index (κ1) is 11.3. The first-order valence-electron chi connectivity index (χ1n) is 6.52. The molecule has 0 spiro atoms. The van der Waals surface area contributed by atoms with E-state index in [9.17, 15) is 0 Å². The van der Waals surface area contributed by atoms with Crippen LogP contribution in [0, 0.1) is 6.92 Å². The molecule has 2 aromatic rings. The maximum Gasteiger partial charge on any atom is 0.203 e. The summed E-state index contributed by atoms with van der Waals surface area (Å²) in [6.07, 6.45) is 9.08. The zero-order valence-corrected chi connectivity index (χ0v) is 10.6. The van der Waals surface area contributed by atoms with Crippen molar-refractivity contribution in [2.75, 3.05) is 5.32 Å². The predicted molar refractivity (Wildman–Crippen MR) is 68.3 cm³/mol. The number of anilines is 1. The van der Waals surface area contributed by atoms with Crippen molar-refractivity contribution in [2.45, 2.75) is 45.2 Å². The van der Waals surface area contributed by atoms with Gasteiger partial charge in [0.1, 0.15) is 11.5 Å². The van der Waals surface area contributed by atoms with Crippen LogP contribution in [0.4, 0.5) is 5.95 Å². The molecular formula is C13H18N4O. The molecule has 0 bridgehead atoms. The molecule has 2 aromatic heterocycles. The van der Waals surface area contributed by atoms with Gasteiger partial charge in [0.25, 0.3) is 0 Å². The molecule has 0 atom stereocenters. The highest BCUT2D eigenvalue weighted by atomic mass is 16.5. The molecule has 1 N–H and O–H groups in total. The molecule has 0 unspecified atom stereocenters. The van der Waals surface area contributed by atoms with Crippen LogP contribution in [0.1, 0.15) is 43.2 Å². The van der Waals surface area contributed by atoms with E-state index in [4.69, 9.17) is 4.52 Å². The lowest BCUT2D eigenvalue weighted by molar-refractivity contribution is 0.391. The summed E-state index contributed by atoms with van der Waals surface area (Å²) in [7, 11) is 0. The Morgan fingerprint density at radius 2 is 2.28 bits per heavy atom. The van der Waals surface area contributed by atoms with Crippen molar-refractivity contribution in [2.24, 2.45) is 0 Å². The first-order valence-corrected chi connectivity index (χ1v) is 6.52. The smallest absolute Gasteiger partial charge is 0.203 e. The number of aryl methyl sites for hydroxylation is 1. The maximum atomic E-state index is 5.05. The van der Waals surface area contributed by atoms with Gasteiger partial charge in [-0.3, -0.25) is 0 Å². The van der Waals surface area contributed by atoms with Crippen molar-refractivity contribution in [3.05, 3.63) is 29.9 Å². The van der Waals surface area contributed by atoms with Gasteiger partial charge in [0, 0.05) is 24.5 Å². The van der Waals surface area contributed by atoms with E-state index in [1.807, 2.05) is 19.2 Å². The number of hydrogen-bond donors (Lipinski definition) is 1. The summed E-state index contributed by atoms with van der Waals surface area (Å²) in [6.45, 7) is 2.55. The largest absolute Gasteiger partial charge is 0.361 e. The standard InChI is InChI=1S/C13H18N4O/c1-10-8-11(16-18-10)9-15-13-14-6-7-17(13)12-4-2-3-5-12/h6-8,12H,2-5,9H2,1H3,(H,14,15). The molecule has 3 rings (SSSR count). The number of hydrogen-bond acceptors (Lipinski definition) is 4. The van der Waals surface area contributed by atoms with Crippen LogP contribution >= 0.6 is 0 Å². The third-order valence-electron chi connectivity index (χ3n) is 3.49. The van der Waals surface area contributed by atoms with E-state index in [0.29, 0.717) is 12.6 Å². The lowest BCUT2D eigenvalue weighted by Crippen LogP contribution is -2.10. The first-order chi connectivity index (χ1) is 8.83. The topological polar surface area (TPSA) is 55.9 Å². The van der Waals surface area contributed by atoms with Crippen LogP contribution in [0.2, 0.25) is 0 Å². The molecule has 1 fully saturated rings. The van der Waals surface area contributed by atoms with Crippen molar-refractivity contribution in [1.82, 2.24) is 14.7 Å². The molecule has 0 aromatic carbocycles. The SMILES string of the molecule is Cc1cc(CNc2nccn2C2CCCC2)no1. The molecule has 1 saturated carbocycles. The van der Waals surface area contributed by atoms with Gasteiger partial charge in [-0.1, -0.05) is 18.0 Å². The number of nitrogens with one attached hydrogen (secondary N) is 1. The molecule has 1 aliphatic rings. The van der Waals surface area contributed by atoms with Crippen LogP contribution in [-0.4, -0.2) is 14.7 Å². The molecule has 5 nitrogen and oxygen atoms in total. The number of imidazole rings is 1. The van der Waals surface area contributed by atoms with Gasteiger partial charge >= 0.3 is 0 Å². The Hall–Kier alpha value is -1.78. The lowest BCUT2D eigenvalue weighted by atomic mass is 10.2. The third-order valence-corrected chi connectivity index (χ3v) is 3.49.